The maximum atomic E-state index is 14.2. The molecule has 2 aromatic carbocycles. The minimum atomic E-state index is -0.662. The van der Waals surface area contributed by atoms with Crippen LogP contribution in [0.25, 0.3) is 11.3 Å². The van der Waals surface area contributed by atoms with Crippen molar-refractivity contribution in [2.75, 3.05) is 25.0 Å². The van der Waals surface area contributed by atoms with Crippen LogP contribution < -0.4 is 16.0 Å². The highest BCUT2D eigenvalue weighted by Crippen LogP contribution is 2.41. The van der Waals surface area contributed by atoms with E-state index in [1.54, 1.807) is 23.4 Å². The number of aliphatic imine (C=N–C) groups is 1. The fourth-order valence-electron chi connectivity index (χ4n) is 5.25. The molecule has 0 saturated carbocycles. The predicted octanol–water partition coefficient (Wildman–Crippen LogP) is 4.55. The zero-order chi connectivity index (χ0) is 27.0. The van der Waals surface area contributed by atoms with E-state index in [4.69, 9.17) is 22.3 Å². The van der Waals surface area contributed by atoms with Crippen LogP contribution in [0.5, 0.6) is 0 Å². The third-order valence-electron chi connectivity index (χ3n) is 7.14. The molecule has 9 heteroatoms. The number of carbonyl (C=O) groups excluding carboxylic acids is 2. The van der Waals surface area contributed by atoms with E-state index in [2.05, 4.69) is 10.3 Å². The summed E-state index contributed by atoms with van der Waals surface area (Å²) in [6, 6.07) is 14.4. The Kier molecular flexibility index (Phi) is 7.19. The number of carbonyl (C=O) groups is 2. The smallest absolute Gasteiger partial charge is 0.267 e. The van der Waals surface area contributed by atoms with Crippen LogP contribution >= 0.6 is 11.6 Å². The van der Waals surface area contributed by atoms with Crippen molar-refractivity contribution >= 4 is 41.1 Å². The Balaban J connectivity index is 1.62. The van der Waals surface area contributed by atoms with Crippen LogP contribution in [-0.2, 0) is 4.79 Å². The molecule has 3 heterocycles. The van der Waals surface area contributed by atoms with Crippen molar-refractivity contribution < 1.29 is 9.59 Å². The van der Waals surface area contributed by atoms with Gasteiger partial charge in [0.2, 0.25) is 5.91 Å². The van der Waals surface area contributed by atoms with Gasteiger partial charge in [-0.2, -0.15) is 0 Å². The van der Waals surface area contributed by atoms with E-state index in [0.29, 0.717) is 17.3 Å². The molecule has 196 valence electrons. The van der Waals surface area contributed by atoms with Gasteiger partial charge in [-0.15, -0.1) is 0 Å². The van der Waals surface area contributed by atoms with Crippen LogP contribution in [-0.4, -0.2) is 54.2 Å². The molecule has 5 rings (SSSR count). The largest absolute Gasteiger partial charge is 0.364 e. The van der Waals surface area contributed by atoms with Crippen molar-refractivity contribution in [1.82, 2.24) is 15.2 Å². The molecule has 1 saturated heterocycles. The third kappa shape index (κ3) is 5.14. The number of nitrogens with zero attached hydrogens (tertiary/aromatic N) is 4. The standard InChI is InChI=1S/C29H31ClN6O2/c1-17-10-19(30)13-21(11-17)36-16-33-26-12-18(2)22(24-7-4-8-25(34-24)28(31)37)14-23(26)27(36)29(38)35(3)15-20-6-5-9-32-20/h4,7-8,10-14,16,20,27,32H,5-6,9,15H2,1-3H3,(H2,31,37)/t20-,27?/m0/s1. The SMILES string of the molecule is Cc1cc(Cl)cc(N2C=Nc3cc(C)c(-c4cccc(C(N)=O)n4)cc3C2C(=O)N(C)C[C@@H]2CCCN2)c1. The second kappa shape index (κ2) is 10.6. The van der Waals surface area contributed by atoms with E-state index in [1.165, 1.54) is 0 Å². The molecule has 1 unspecified atom stereocenters. The number of nitrogens with two attached hydrogens (primary N) is 1. The van der Waals surface area contributed by atoms with E-state index >= 15 is 0 Å². The first-order chi connectivity index (χ1) is 18.2. The van der Waals surface area contributed by atoms with E-state index in [0.717, 1.165) is 53.0 Å². The summed E-state index contributed by atoms with van der Waals surface area (Å²) >= 11 is 6.42. The number of hydrogen-bond donors (Lipinski definition) is 2. The number of amides is 2. The monoisotopic (exact) mass is 530 g/mol. The van der Waals surface area contributed by atoms with Crippen LogP contribution in [0, 0.1) is 13.8 Å². The lowest BCUT2D eigenvalue weighted by atomic mass is 9.93. The molecule has 8 nitrogen and oxygen atoms in total. The minimum Gasteiger partial charge on any atom is -0.364 e. The number of primary amides is 1. The number of anilines is 1. The molecule has 3 aromatic rings. The highest BCUT2D eigenvalue weighted by Gasteiger charge is 2.36. The van der Waals surface area contributed by atoms with Crippen molar-refractivity contribution in [1.29, 1.82) is 0 Å². The van der Waals surface area contributed by atoms with E-state index in [1.807, 2.05) is 62.2 Å². The molecule has 38 heavy (non-hydrogen) atoms. The summed E-state index contributed by atoms with van der Waals surface area (Å²) in [6.45, 7) is 5.52. The minimum absolute atomic E-state index is 0.0441. The summed E-state index contributed by atoms with van der Waals surface area (Å²) < 4.78 is 0. The Morgan fingerprint density at radius 3 is 2.71 bits per heavy atom. The van der Waals surface area contributed by atoms with Crippen molar-refractivity contribution in [2.45, 2.75) is 38.8 Å². The average Bonchev–Trinajstić information content (AvgIpc) is 3.39. The molecule has 2 aliphatic heterocycles. The highest BCUT2D eigenvalue weighted by atomic mass is 35.5. The van der Waals surface area contributed by atoms with Gasteiger partial charge in [-0.25, -0.2) is 9.98 Å². The molecule has 2 atom stereocenters. The second-order valence-electron chi connectivity index (χ2n) is 10.1. The average molecular weight is 531 g/mol. The molecule has 0 aliphatic carbocycles. The molecule has 0 radical (unpaired) electrons. The Bertz CT molecular complexity index is 1410. The van der Waals surface area contributed by atoms with Gasteiger partial charge in [0.1, 0.15) is 11.7 Å². The summed E-state index contributed by atoms with van der Waals surface area (Å²) in [7, 11) is 1.85. The normalized spacial score (nSPS) is 18.4. The molecule has 2 amide bonds. The van der Waals surface area contributed by atoms with E-state index in [9.17, 15) is 9.59 Å². The number of benzene rings is 2. The molecule has 3 N–H and O–H groups in total. The molecule has 0 spiro atoms. The lowest BCUT2D eigenvalue weighted by molar-refractivity contribution is -0.131. The fourth-order valence-corrected chi connectivity index (χ4v) is 5.54. The van der Waals surface area contributed by atoms with Crippen LogP contribution in [0.15, 0.2) is 53.5 Å². The summed E-state index contributed by atoms with van der Waals surface area (Å²) in [6.07, 6.45) is 3.87. The number of fused-ring (bicyclic) bond motifs is 1. The van der Waals surface area contributed by atoms with Crippen LogP contribution in [0.1, 0.15) is 46.1 Å². The van der Waals surface area contributed by atoms with Crippen LogP contribution in [0.4, 0.5) is 11.4 Å². The maximum absolute atomic E-state index is 14.2. The van der Waals surface area contributed by atoms with E-state index in [-0.39, 0.29) is 17.6 Å². The second-order valence-corrected chi connectivity index (χ2v) is 10.5. The number of hydrogen-bond acceptors (Lipinski definition) is 6. The molecular weight excluding hydrogens is 500 g/mol. The molecule has 1 aromatic heterocycles. The molecule has 2 aliphatic rings. The summed E-state index contributed by atoms with van der Waals surface area (Å²) in [4.78, 5) is 38.8. The van der Waals surface area contributed by atoms with Gasteiger partial charge in [0.15, 0.2) is 0 Å². The predicted molar refractivity (Wildman–Crippen MR) is 151 cm³/mol. The van der Waals surface area contributed by atoms with Crippen molar-refractivity contribution in [3.63, 3.8) is 0 Å². The quantitative estimate of drug-likeness (QED) is 0.486. The van der Waals surface area contributed by atoms with Gasteiger partial charge >= 0.3 is 0 Å². The zero-order valence-corrected chi connectivity index (χ0v) is 22.5. The summed E-state index contributed by atoms with van der Waals surface area (Å²) in [5.74, 6) is -0.637. The Labute approximate surface area is 227 Å². The number of pyridine rings is 1. The van der Waals surface area contributed by atoms with Gasteiger partial charge in [0, 0.05) is 41.5 Å². The van der Waals surface area contributed by atoms with Gasteiger partial charge in [0.05, 0.1) is 17.7 Å². The third-order valence-corrected chi connectivity index (χ3v) is 7.36. The highest BCUT2D eigenvalue weighted by molar-refractivity contribution is 6.31. The number of nitrogens with one attached hydrogen (secondary N) is 1. The Morgan fingerprint density at radius 1 is 1.18 bits per heavy atom. The first-order valence-corrected chi connectivity index (χ1v) is 13.1. The number of rotatable bonds is 6. The molecule has 1 fully saturated rings. The number of halogens is 1. The number of aryl methyl sites for hydroxylation is 2. The van der Waals surface area contributed by atoms with Gasteiger partial charge < -0.3 is 20.9 Å². The van der Waals surface area contributed by atoms with Gasteiger partial charge in [0.25, 0.3) is 5.91 Å². The van der Waals surface area contributed by atoms with Crippen molar-refractivity contribution in [2.24, 2.45) is 10.7 Å². The van der Waals surface area contributed by atoms with E-state index < -0.39 is 11.9 Å². The zero-order valence-electron chi connectivity index (χ0n) is 21.7. The first kappa shape index (κ1) is 25.9. The lowest BCUT2D eigenvalue weighted by Gasteiger charge is -2.36. The van der Waals surface area contributed by atoms with Crippen molar-refractivity contribution in [3.8, 4) is 11.3 Å². The number of aromatic nitrogens is 1. The van der Waals surface area contributed by atoms with Crippen LogP contribution in [0.2, 0.25) is 5.02 Å². The Morgan fingerprint density at radius 2 is 2.00 bits per heavy atom. The van der Waals surface area contributed by atoms with Crippen molar-refractivity contribution in [3.05, 3.63) is 75.9 Å². The first-order valence-electron chi connectivity index (χ1n) is 12.7. The Hall–Kier alpha value is -3.75. The molecular formula is C29H31ClN6O2. The van der Waals surface area contributed by atoms with Gasteiger partial charge in [-0.3, -0.25) is 9.59 Å². The summed E-state index contributed by atoms with van der Waals surface area (Å²) in [5, 5.41) is 4.07. The summed E-state index contributed by atoms with van der Waals surface area (Å²) in [5.41, 5.74) is 11.3. The van der Waals surface area contributed by atoms with Gasteiger partial charge in [-0.05, 0) is 86.8 Å². The van der Waals surface area contributed by atoms with Gasteiger partial charge in [-0.1, -0.05) is 17.7 Å². The fraction of sp³-hybridized carbons (Fsp3) is 0.310. The maximum Gasteiger partial charge on any atom is 0.267 e. The molecule has 0 bridgehead atoms. The number of likely N-dealkylation sites (N-methyl/N-ethyl adjacent to an activating group) is 1. The topological polar surface area (TPSA) is 104 Å². The van der Waals surface area contributed by atoms with Crippen LogP contribution in [0.3, 0.4) is 0 Å². The lowest BCUT2D eigenvalue weighted by Crippen LogP contribution is -2.46.